The van der Waals surface area contributed by atoms with Crippen molar-refractivity contribution in [2.24, 2.45) is 0 Å². The van der Waals surface area contributed by atoms with Crippen molar-refractivity contribution in [3.8, 4) is 0 Å². The molecular weight excluding hydrogens is 470 g/mol. The second kappa shape index (κ2) is 2.53. The molecule has 180 valence electrons. The van der Waals surface area contributed by atoms with Gasteiger partial charge in [-0.3, -0.25) is 0 Å². The Morgan fingerprint density at radius 3 is 1.81 bits per heavy atom. The Kier molecular flexibility index (Phi) is 1.39. The van der Waals surface area contributed by atoms with Crippen LogP contribution in [0.2, 0.25) is 42.8 Å². The molecule has 12 aliphatic rings. The van der Waals surface area contributed by atoms with Crippen molar-refractivity contribution in [2.75, 3.05) is 6.16 Å². The van der Waals surface area contributed by atoms with Crippen molar-refractivity contribution < 1.29 is 11.1 Å². The quantitative estimate of drug-likeness (QED) is 0.179. The van der Waals surface area contributed by atoms with Crippen LogP contribution in [-0.2, 0) is 11.1 Å². The molecule has 1 spiro atoms. The van der Waals surface area contributed by atoms with E-state index in [0.29, 0.717) is 15.4 Å². The van der Waals surface area contributed by atoms with Gasteiger partial charge < -0.3 is 0 Å². The summed E-state index contributed by atoms with van der Waals surface area (Å²) < 4.78 is 18.0. The molecule has 32 heavy (non-hydrogen) atoms. The maximum absolute atomic E-state index is 16.6. The van der Waals surface area contributed by atoms with Gasteiger partial charge in [0.1, 0.15) is 0 Å². The second-order valence-corrected chi connectivity index (χ2v) is 46.1. The van der Waals surface area contributed by atoms with E-state index in [4.69, 9.17) is 0 Å². The van der Waals surface area contributed by atoms with Crippen LogP contribution in [0.4, 0.5) is 0 Å². The van der Waals surface area contributed by atoms with Gasteiger partial charge in [-0.25, -0.2) is 0 Å². The van der Waals surface area contributed by atoms with Gasteiger partial charge in [0, 0.05) is 0 Å². The fourth-order valence-electron chi connectivity index (χ4n) is 23.3. The average molecular weight is 514 g/mol. The number of rotatable bonds is 8. The van der Waals surface area contributed by atoms with E-state index in [9.17, 15) is 0 Å². The third-order valence-electron chi connectivity index (χ3n) is 21.2. The van der Waals surface area contributed by atoms with Gasteiger partial charge in [0.25, 0.3) is 0 Å². The number of fused-ring (bicyclic) bond motifs is 10. The van der Waals surface area contributed by atoms with E-state index >= 15 is 4.57 Å². The standard InChI is InChI=1S/C23H39OP2.C5H5.Fe/c1-3-4-18-25-19(2)22-16-11-17-23(22)26(24,20-12-7-5-8-13-20)21-14-9-6-10-15-21;1-2-4-5-3-1;/h11,16-17,19-21,25H,3-10,12-15,18H2,1-2H3;1-5H;. The van der Waals surface area contributed by atoms with E-state index < -0.39 is 13.7 Å². The Labute approximate surface area is 187 Å². The summed E-state index contributed by atoms with van der Waals surface area (Å²) in [7, 11) is -0.875. The van der Waals surface area contributed by atoms with Crippen molar-refractivity contribution in [3.05, 3.63) is 0 Å². The molecule has 0 aromatic heterocycles. The zero-order chi connectivity index (χ0) is 21.1. The fraction of sp³-hybridized carbons (Fsp3) is 1.00. The molecule has 12 fully saturated rings. The van der Waals surface area contributed by atoms with E-state index in [1.54, 1.807) is 0 Å². The molecule has 12 rings (SSSR count). The molecule has 7 atom stereocenters. The summed E-state index contributed by atoms with van der Waals surface area (Å²) in [5.41, 5.74) is 2.43. The Bertz CT molecular complexity index is 1380. The molecule has 0 amide bonds. The summed E-state index contributed by atoms with van der Waals surface area (Å²) in [6, 6.07) is 0. The van der Waals surface area contributed by atoms with E-state index in [-0.39, 0.29) is 0 Å². The first-order valence-corrected chi connectivity index (χ1v) is 24.3. The van der Waals surface area contributed by atoms with Gasteiger partial charge in [-0.1, -0.05) is 0 Å². The topological polar surface area (TPSA) is 17.1 Å². The Hall–Kier alpha value is 1.18. The molecule has 10 aliphatic heterocycles. The molecular formula is C28H44FeOP2. The minimum atomic E-state index is -3.64. The maximum atomic E-state index is 16.6. The SMILES string of the molecule is CCCCPC(C)[C@@]12[CH]3[CH]4[CH]5[C]1(P(=O)(C1CCCCC1)C1CCCCC1)[Fe]45321678[CH]2[CH]1[CH]6[CH]7[CH]28. The summed E-state index contributed by atoms with van der Waals surface area (Å²) in [6.45, 7) is 1.54. The average Bonchev–Trinajstić information content (AvgIpc) is 3.78. The Balaban J connectivity index is 1.14. The van der Waals surface area contributed by atoms with Crippen LogP contribution in [0.15, 0.2) is 0 Å². The predicted molar refractivity (Wildman–Crippen MR) is 134 cm³/mol. The first-order chi connectivity index (χ1) is 15.4. The molecule has 10 saturated heterocycles. The third-order valence-corrected chi connectivity index (χ3v) is 75.8. The normalized spacial score (nSPS) is 80.2. The van der Waals surface area contributed by atoms with Crippen LogP contribution in [0.1, 0.15) is 90.9 Å². The zero-order valence-electron chi connectivity index (χ0n) is 20.3. The molecule has 0 bridgehead atoms. The van der Waals surface area contributed by atoms with E-state index in [2.05, 4.69) is 13.8 Å². The predicted octanol–water partition coefficient (Wildman–Crippen LogP) is 9.55. The van der Waals surface area contributed by atoms with Gasteiger partial charge in [0.2, 0.25) is 0 Å². The van der Waals surface area contributed by atoms with Gasteiger partial charge in [0.15, 0.2) is 0 Å². The van der Waals surface area contributed by atoms with Crippen molar-refractivity contribution in [3.63, 3.8) is 0 Å². The first kappa shape index (κ1) is 17.6. The third kappa shape index (κ3) is 0.372. The number of hydrogen-bond donors (Lipinski definition) is 0. The van der Waals surface area contributed by atoms with E-state index in [0.717, 1.165) is 9.97 Å². The molecule has 1 nitrogen and oxygen atoms in total. The van der Waals surface area contributed by atoms with E-state index in [1.165, 1.54) is 130 Å². The first-order valence-electron chi connectivity index (χ1n) is 14.9. The Morgan fingerprint density at radius 2 is 1.38 bits per heavy atom. The van der Waals surface area contributed by atoms with Crippen LogP contribution < -0.4 is 0 Å². The molecule has 0 radical (unpaired) electrons. The summed E-state index contributed by atoms with van der Waals surface area (Å²) >= 11 is 0. The van der Waals surface area contributed by atoms with Crippen LogP contribution in [0, 0.1) is 0 Å². The molecule has 4 heteroatoms. The summed E-state index contributed by atoms with van der Waals surface area (Å²) in [6.07, 6.45) is 18.5. The summed E-state index contributed by atoms with van der Waals surface area (Å²) in [5.74, 6) is 0. The van der Waals surface area contributed by atoms with Crippen molar-refractivity contribution in [1.29, 1.82) is 0 Å². The van der Waals surface area contributed by atoms with Crippen LogP contribution in [0.25, 0.3) is 0 Å². The van der Waals surface area contributed by atoms with Crippen LogP contribution in [0.3, 0.4) is 0 Å². The number of hydrogen-bond acceptors (Lipinski definition) is 1. The molecule has 0 aromatic rings. The van der Waals surface area contributed by atoms with Crippen molar-refractivity contribution in [1.82, 2.24) is 0 Å². The zero-order valence-corrected chi connectivity index (χ0v) is 23.3. The fourth-order valence-corrected chi connectivity index (χ4v) is 125. The molecule has 0 N–H and O–H groups in total. The van der Waals surface area contributed by atoms with Crippen LogP contribution >= 0.6 is 15.7 Å². The molecule has 0 aromatic carbocycles. The van der Waals surface area contributed by atoms with Crippen molar-refractivity contribution in [2.45, 2.75) is 155 Å². The molecule has 2 aliphatic carbocycles. The van der Waals surface area contributed by atoms with Crippen LogP contribution in [0.5, 0.6) is 0 Å². The Morgan fingerprint density at radius 1 is 0.844 bits per heavy atom. The van der Waals surface area contributed by atoms with Gasteiger partial charge in [-0.15, -0.1) is 0 Å². The van der Waals surface area contributed by atoms with Gasteiger partial charge in [0.05, 0.1) is 0 Å². The minimum absolute atomic E-state index is 0.641. The number of unbranched alkanes of at least 4 members (excludes halogenated alkanes) is 1. The second-order valence-electron chi connectivity index (χ2n) is 17.1. The van der Waals surface area contributed by atoms with Gasteiger partial charge >= 0.3 is 188 Å². The molecule has 6 unspecified atom stereocenters. The monoisotopic (exact) mass is 514 g/mol. The molecule has 10 heterocycles. The summed E-state index contributed by atoms with van der Waals surface area (Å²) in [5, 5.41) is 0. The van der Waals surface area contributed by atoms with Crippen molar-refractivity contribution >= 4 is 15.7 Å². The molecule has 2 saturated carbocycles. The summed E-state index contributed by atoms with van der Waals surface area (Å²) in [4.78, 5) is 10.5. The van der Waals surface area contributed by atoms with Crippen LogP contribution in [-0.4, -0.2) is 27.2 Å². The van der Waals surface area contributed by atoms with E-state index in [1.807, 2.05) is 0 Å². The van der Waals surface area contributed by atoms with Gasteiger partial charge in [-0.2, -0.15) is 0 Å². The van der Waals surface area contributed by atoms with Gasteiger partial charge in [-0.05, 0) is 0 Å².